The van der Waals surface area contributed by atoms with Gasteiger partial charge in [0.15, 0.2) is 0 Å². The highest BCUT2D eigenvalue weighted by Crippen LogP contribution is 2.30. The molecule has 1 saturated heterocycles. The zero-order valence-corrected chi connectivity index (χ0v) is 13.6. The van der Waals surface area contributed by atoms with E-state index in [4.69, 9.17) is 16.3 Å². The Morgan fingerprint density at radius 2 is 2.27 bits per heavy atom. The van der Waals surface area contributed by atoms with Crippen molar-refractivity contribution in [1.29, 1.82) is 0 Å². The number of hydrogen-bond donors (Lipinski definition) is 1. The molecular formula is C17H22ClNO3. The van der Waals surface area contributed by atoms with Crippen LogP contribution in [-0.2, 0) is 11.3 Å². The molecule has 1 aromatic carbocycles. The number of benzene rings is 1. The zero-order valence-electron chi connectivity index (χ0n) is 12.8. The lowest BCUT2D eigenvalue weighted by atomic mass is 9.94. The van der Waals surface area contributed by atoms with Crippen LogP contribution in [0, 0.1) is 6.92 Å². The molecule has 1 unspecified atom stereocenters. The Morgan fingerprint density at radius 1 is 1.45 bits per heavy atom. The number of piperidine rings is 1. The summed E-state index contributed by atoms with van der Waals surface area (Å²) in [6, 6.07) is 3.97. The smallest absolute Gasteiger partial charge is 0.338 e. The van der Waals surface area contributed by atoms with Gasteiger partial charge in [-0.15, -0.1) is 11.6 Å². The van der Waals surface area contributed by atoms with E-state index in [1.165, 1.54) is 6.42 Å². The van der Waals surface area contributed by atoms with E-state index in [0.29, 0.717) is 30.6 Å². The summed E-state index contributed by atoms with van der Waals surface area (Å²) in [4.78, 5) is 13.9. The fourth-order valence-electron chi connectivity index (χ4n) is 3.52. The Labute approximate surface area is 136 Å². The number of cyclic esters (lactones) is 1. The number of β-amino-alcohol motifs (C(OH)–C–C–N with tert-alkyl or cyclic N) is 1. The Bertz CT molecular complexity index is 575. The largest absolute Gasteiger partial charge is 0.457 e. The number of likely N-dealkylation sites (tertiary alicyclic amines) is 1. The molecule has 0 aromatic heterocycles. The molecule has 5 heteroatoms. The van der Waals surface area contributed by atoms with E-state index < -0.39 is 6.10 Å². The highest BCUT2D eigenvalue weighted by atomic mass is 35.5. The van der Waals surface area contributed by atoms with E-state index in [0.717, 1.165) is 36.1 Å². The third kappa shape index (κ3) is 2.87. The van der Waals surface area contributed by atoms with Gasteiger partial charge < -0.3 is 9.84 Å². The zero-order chi connectivity index (χ0) is 15.7. The topological polar surface area (TPSA) is 49.8 Å². The van der Waals surface area contributed by atoms with Crippen LogP contribution >= 0.6 is 11.6 Å². The van der Waals surface area contributed by atoms with Gasteiger partial charge >= 0.3 is 5.97 Å². The summed E-state index contributed by atoms with van der Waals surface area (Å²) >= 11 is 6.05. The molecule has 4 nitrogen and oxygen atoms in total. The first-order chi connectivity index (χ1) is 10.6. The molecule has 3 rings (SSSR count). The number of aliphatic hydroxyl groups excluding tert-OH is 1. The van der Waals surface area contributed by atoms with E-state index >= 15 is 0 Å². The van der Waals surface area contributed by atoms with Crippen LogP contribution in [0.3, 0.4) is 0 Å². The van der Waals surface area contributed by atoms with Crippen molar-refractivity contribution in [3.63, 3.8) is 0 Å². The maximum atomic E-state index is 11.6. The molecule has 1 N–H and O–H groups in total. The molecule has 2 atom stereocenters. The molecule has 2 heterocycles. The second-order valence-corrected chi connectivity index (χ2v) is 6.51. The summed E-state index contributed by atoms with van der Waals surface area (Å²) in [5, 5.41) is 10.7. The number of nitrogens with zero attached hydrogens (tertiary/aromatic N) is 1. The molecule has 22 heavy (non-hydrogen) atoms. The first-order valence-corrected chi connectivity index (χ1v) is 8.43. The van der Waals surface area contributed by atoms with Gasteiger partial charge in [-0.25, -0.2) is 4.79 Å². The number of ether oxygens (including phenoxy) is 1. The monoisotopic (exact) mass is 323 g/mol. The van der Waals surface area contributed by atoms with E-state index in [2.05, 4.69) is 4.90 Å². The van der Waals surface area contributed by atoms with Gasteiger partial charge in [0.1, 0.15) is 6.61 Å². The average molecular weight is 324 g/mol. The predicted molar refractivity (Wildman–Crippen MR) is 85.2 cm³/mol. The standard InChI is InChI=1S/C17H22ClNO3/c1-11-13(5-6-14-15(11)10-22-17(14)21)16(20)9-19-7-3-2-4-12(19)8-18/h5-6,12,16,20H,2-4,7-10H2,1H3/t12?,16-/m0/s1. The third-order valence-electron chi connectivity index (χ3n) is 4.90. The van der Waals surface area contributed by atoms with Crippen LogP contribution < -0.4 is 0 Å². The molecular weight excluding hydrogens is 302 g/mol. The number of carbonyl (C=O) groups is 1. The van der Waals surface area contributed by atoms with Crippen molar-refractivity contribution >= 4 is 17.6 Å². The summed E-state index contributed by atoms with van der Waals surface area (Å²) in [6.07, 6.45) is 2.90. The molecule has 120 valence electrons. The van der Waals surface area contributed by atoms with Crippen molar-refractivity contribution in [3.8, 4) is 0 Å². The van der Waals surface area contributed by atoms with Crippen molar-refractivity contribution < 1.29 is 14.6 Å². The quantitative estimate of drug-likeness (QED) is 0.684. The first kappa shape index (κ1) is 15.8. The van der Waals surface area contributed by atoms with Crippen LogP contribution in [0.2, 0.25) is 0 Å². The normalized spacial score (nSPS) is 23.2. The lowest BCUT2D eigenvalue weighted by molar-refractivity contribution is 0.0535. The molecule has 0 radical (unpaired) electrons. The molecule has 0 saturated carbocycles. The lowest BCUT2D eigenvalue weighted by Gasteiger charge is -2.36. The van der Waals surface area contributed by atoms with Gasteiger partial charge in [-0.2, -0.15) is 0 Å². The van der Waals surface area contributed by atoms with Gasteiger partial charge in [0, 0.05) is 24.0 Å². The van der Waals surface area contributed by atoms with Crippen LogP contribution in [-0.4, -0.2) is 41.0 Å². The number of rotatable bonds is 4. The second-order valence-electron chi connectivity index (χ2n) is 6.20. The van der Waals surface area contributed by atoms with Crippen molar-refractivity contribution in [1.82, 2.24) is 4.90 Å². The van der Waals surface area contributed by atoms with Crippen molar-refractivity contribution in [2.45, 2.75) is 44.9 Å². The number of alkyl halides is 1. The summed E-state index contributed by atoms with van der Waals surface area (Å²) in [5.41, 5.74) is 3.39. The minimum absolute atomic E-state index is 0.266. The summed E-state index contributed by atoms with van der Waals surface area (Å²) in [6.45, 7) is 3.84. The van der Waals surface area contributed by atoms with Crippen LogP contribution in [0.15, 0.2) is 12.1 Å². The number of esters is 1. The summed E-state index contributed by atoms with van der Waals surface area (Å²) < 4.78 is 5.07. The molecule has 1 fully saturated rings. The lowest BCUT2D eigenvalue weighted by Crippen LogP contribution is -2.43. The Kier molecular flexibility index (Phi) is 4.71. The van der Waals surface area contributed by atoms with E-state index in [-0.39, 0.29) is 5.97 Å². The fraction of sp³-hybridized carbons (Fsp3) is 0.588. The summed E-state index contributed by atoms with van der Waals surface area (Å²) in [5.74, 6) is 0.343. The highest BCUT2D eigenvalue weighted by Gasteiger charge is 2.28. The van der Waals surface area contributed by atoms with Crippen molar-refractivity contribution in [3.05, 3.63) is 34.4 Å². The summed E-state index contributed by atoms with van der Waals surface area (Å²) in [7, 11) is 0. The highest BCUT2D eigenvalue weighted by molar-refractivity contribution is 6.18. The molecule has 2 aliphatic heterocycles. The number of halogens is 1. The van der Waals surface area contributed by atoms with Crippen molar-refractivity contribution in [2.75, 3.05) is 19.0 Å². The SMILES string of the molecule is Cc1c([C@@H](O)CN2CCCCC2CCl)ccc2c1COC2=O. The van der Waals surface area contributed by atoms with Gasteiger partial charge in [0.2, 0.25) is 0 Å². The van der Waals surface area contributed by atoms with E-state index in [1.54, 1.807) is 6.07 Å². The molecule has 1 aromatic rings. The molecule has 2 aliphatic rings. The Morgan fingerprint density at radius 3 is 3.05 bits per heavy atom. The first-order valence-electron chi connectivity index (χ1n) is 7.89. The van der Waals surface area contributed by atoms with Crippen LogP contribution in [0.5, 0.6) is 0 Å². The fourth-order valence-corrected chi connectivity index (χ4v) is 3.87. The Balaban J connectivity index is 1.78. The van der Waals surface area contributed by atoms with Gasteiger partial charge in [0.25, 0.3) is 0 Å². The van der Waals surface area contributed by atoms with Gasteiger partial charge in [-0.05, 0) is 43.5 Å². The van der Waals surface area contributed by atoms with Gasteiger partial charge in [-0.1, -0.05) is 12.5 Å². The van der Waals surface area contributed by atoms with Crippen LogP contribution in [0.4, 0.5) is 0 Å². The number of hydrogen-bond acceptors (Lipinski definition) is 4. The minimum atomic E-state index is -0.565. The number of aliphatic hydroxyl groups is 1. The van der Waals surface area contributed by atoms with Crippen LogP contribution in [0.25, 0.3) is 0 Å². The molecule has 0 bridgehead atoms. The third-order valence-corrected chi connectivity index (χ3v) is 5.26. The minimum Gasteiger partial charge on any atom is -0.457 e. The Hall–Kier alpha value is -1.10. The van der Waals surface area contributed by atoms with Crippen molar-refractivity contribution in [2.24, 2.45) is 0 Å². The predicted octanol–water partition coefficient (Wildman–Crippen LogP) is 2.79. The van der Waals surface area contributed by atoms with E-state index in [9.17, 15) is 9.90 Å². The molecule has 0 aliphatic carbocycles. The maximum absolute atomic E-state index is 11.6. The molecule has 0 amide bonds. The number of carbonyl (C=O) groups excluding carboxylic acids is 1. The van der Waals surface area contributed by atoms with Gasteiger partial charge in [-0.3, -0.25) is 4.90 Å². The molecule has 0 spiro atoms. The van der Waals surface area contributed by atoms with Gasteiger partial charge in [0.05, 0.1) is 11.7 Å². The van der Waals surface area contributed by atoms with E-state index in [1.807, 2.05) is 13.0 Å². The average Bonchev–Trinajstić information content (AvgIpc) is 2.90. The second kappa shape index (κ2) is 6.57. The number of fused-ring (bicyclic) bond motifs is 1. The van der Waals surface area contributed by atoms with Crippen LogP contribution in [0.1, 0.15) is 52.4 Å². The maximum Gasteiger partial charge on any atom is 0.338 e.